The number of aryl methyl sites for hydroxylation is 1. The number of thioether (sulfide) groups is 2. The van der Waals surface area contributed by atoms with Crippen LogP contribution in [0.2, 0.25) is 0 Å². The summed E-state index contributed by atoms with van der Waals surface area (Å²) in [6, 6.07) is 1.49. The summed E-state index contributed by atoms with van der Waals surface area (Å²) in [5, 5.41) is 12.6. The van der Waals surface area contributed by atoms with Crippen LogP contribution in [0.5, 0.6) is 0 Å². The Hall–Kier alpha value is -1.85. The average molecular weight is 437 g/mol. The van der Waals surface area contributed by atoms with Crippen molar-refractivity contribution in [3.8, 4) is 0 Å². The number of anilines is 1. The maximum Gasteiger partial charge on any atom is 0.275 e. The van der Waals surface area contributed by atoms with Gasteiger partial charge in [0.15, 0.2) is 0 Å². The number of hydrogen-bond donors (Lipinski definition) is 1. The number of nitrogens with one attached hydrogen (secondary N) is 1. The predicted molar refractivity (Wildman–Crippen MR) is 114 cm³/mol. The number of nitrogens with zero attached hydrogens (tertiary/aromatic N) is 5. The lowest BCUT2D eigenvalue weighted by Crippen LogP contribution is -2.18. The van der Waals surface area contributed by atoms with Gasteiger partial charge in [0.05, 0.1) is 17.1 Å². The largest absolute Gasteiger partial charge is 0.310 e. The monoisotopic (exact) mass is 436 g/mol. The van der Waals surface area contributed by atoms with Crippen molar-refractivity contribution in [3.05, 3.63) is 38.4 Å². The number of hydrogen-bond acceptors (Lipinski definition) is 8. The first-order valence-corrected chi connectivity index (χ1v) is 11.9. The van der Waals surface area contributed by atoms with Gasteiger partial charge >= 0.3 is 0 Å². The zero-order chi connectivity index (χ0) is 19.8. The van der Waals surface area contributed by atoms with Gasteiger partial charge in [-0.15, -0.1) is 11.8 Å². The Balaban J connectivity index is 1.38. The highest BCUT2D eigenvalue weighted by Crippen LogP contribution is 2.34. The normalized spacial score (nSPS) is 13.4. The Labute approximate surface area is 174 Å². The van der Waals surface area contributed by atoms with E-state index >= 15 is 0 Å². The minimum atomic E-state index is -0.184. The van der Waals surface area contributed by atoms with Gasteiger partial charge in [-0.3, -0.25) is 14.3 Å². The van der Waals surface area contributed by atoms with Crippen molar-refractivity contribution in [3.63, 3.8) is 0 Å². The SMILES string of the molecule is CC(C)c1nn2c(=O)cc(CSCC(=O)Nc3c4c(nn3C)CSC4)nc2s1. The molecule has 1 aliphatic rings. The van der Waals surface area contributed by atoms with Gasteiger partial charge in [0.25, 0.3) is 5.56 Å². The van der Waals surface area contributed by atoms with Crippen LogP contribution in [0.25, 0.3) is 4.96 Å². The Morgan fingerprint density at radius 2 is 2.18 bits per heavy atom. The molecule has 0 atom stereocenters. The number of amides is 1. The number of rotatable bonds is 6. The lowest BCUT2D eigenvalue weighted by molar-refractivity contribution is -0.113. The first-order chi connectivity index (χ1) is 13.4. The highest BCUT2D eigenvalue weighted by molar-refractivity contribution is 7.99. The number of carbonyl (C=O) groups is 1. The molecule has 8 nitrogen and oxygen atoms in total. The van der Waals surface area contributed by atoms with Gasteiger partial charge in [-0.25, -0.2) is 4.98 Å². The molecule has 4 rings (SSSR count). The molecule has 0 radical (unpaired) electrons. The quantitative estimate of drug-likeness (QED) is 0.635. The van der Waals surface area contributed by atoms with Crippen molar-refractivity contribution >= 4 is 51.5 Å². The van der Waals surface area contributed by atoms with Crippen molar-refractivity contribution in [1.29, 1.82) is 0 Å². The fourth-order valence-electron chi connectivity index (χ4n) is 2.89. The van der Waals surface area contributed by atoms with Gasteiger partial charge in [-0.05, 0) is 0 Å². The second kappa shape index (κ2) is 7.88. The van der Waals surface area contributed by atoms with Gasteiger partial charge in [0.2, 0.25) is 10.9 Å². The smallest absolute Gasteiger partial charge is 0.275 e. The second-order valence-electron chi connectivity index (χ2n) is 6.81. The Morgan fingerprint density at radius 1 is 1.36 bits per heavy atom. The predicted octanol–water partition coefficient (Wildman–Crippen LogP) is 2.63. The van der Waals surface area contributed by atoms with E-state index in [0.717, 1.165) is 33.6 Å². The molecule has 0 aromatic carbocycles. The molecule has 1 N–H and O–H groups in total. The van der Waals surface area contributed by atoms with Crippen molar-refractivity contribution in [2.24, 2.45) is 7.05 Å². The second-order valence-corrected chi connectivity index (χ2v) is 9.77. The van der Waals surface area contributed by atoms with E-state index in [1.54, 1.807) is 16.4 Å². The zero-order valence-corrected chi connectivity index (χ0v) is 18.2. The van der Waals surface area contributed by atoms with E-state index in [2.05, 4.69) is 20.5 Å². The third-order valence-electron chi connectivity index (χ3n) is 4.26. The van der Waals surface area contributed by atoms with Crippen LogP contribution in [0.3, 0.4) is 0 Å². The molecule has 28 heavy (non-hydrogen) atoms. The summed E-state index contributed by atoms with van der Waals surface area (Å²) in [4.78, 5) is 29.7. The molecule has 1 aliphatic heterocycles. The first-order valence-electron chi connectivity index (χ1n) is 8.82. The third-order valence-corrected chi connectivity index (χ3v) is 7.41. The zero-order valence-electron chi connectivity index (χ0n) is 15.8. The lowest BCUT2D eigenvalue weighted by Gasteiger charge is -2.07. The van der Waals surface area contributed by atoms with Crippen LogP contribution in [0.15, 0.2) is 10.9 Å². The molecule has 3 aromatic heterocycles. The molecular formula is C17H20N6O2S3. The molecule has 0 bridgehead atoms. The summed E-state index contributed by atoms with van der Waals surface area (Å²) >= 11 is 4.67. The number of carbonyl (C=O) groups excluding carboxylic acids is 1. The summed E-state index contributed by atoms with van der Waals surface area (Å²) in [6.45, 7) is 4.07. The standard InChI is InChI=1S/C17H20N6O2S3/c1-9(2)16-21-23-14(25)4-10(18-17(23)28-16)5-26-8-13(24)19-15-11-6-27-7-12(11)20-22(15)3/h4,9H,5-8H2,1-3H3,(H,19,24). The average Bonchev–Trinajstić information content (AvgIpc) is 3.32. The van der Waals surface area contributed by atoms with Crippen molar-refractivity contribution in [2.45, 2.75) is 37.0 Å². The van der Waals surface area contributed by atoms with E-state index in [1.807, 2.05) is 20.9 Å². The van der Waals surface area contributed by atoms with Crippen LogP contribution in [0.4, 0.5) is 5.82 Å². The lowest BCUT2D eigenvalue weighted by atomic mass is 10.2. The van der Waals surface area contributed by atoms with Gasteiger partial charge < -0.3 is 5.32 Å². The Morgan fingerprint density at radius 3 is 2.96 bits per heavy atom. The molecule has 1 amide bonds. The van der Waals surface area contributed by atoms with Crippen LogP contribution >= 0.6 is 34.9 Å². The number of aromatic nitrogens is 5. The van der Waals surface area contributed by atoms with Crippen LogP contribution in [-0.2, 0) is 29.1 Å². The minimum absolute atomic E-state index is 0.0783. The topological polar surface area (TPSA) is 94.2 Å². The molecule has 0 saturated heterocycles. The van der Waals surface area contributed by atoms with Gasteiger partial charge in [-0.2, -0.15) is 26.5 Å². The maximum absolute atomic E-state index is 12.3. The van der Waals surface area contributed by atoms with Gasteiger partial charge in [0, 0.05) is 41.9 Å². The molecule has 0 unspecified atom stereocenters. The molecule has 148 valence electrons. The molecule has 3 aromatic rings. The minimum Gasteiger partial charge on any atom is -0.310 e. The maximum atomic E-state index is 12.3. The molecule has 4 heterocycles. The number of fused-ring (bicyclic) bond motifs is 2. The van der Waals surface area contributed by atoms with Gasteiger partial charge in [0.1, 0.15) is 10.8 Å². The van der Waals surface area contributed by atoms with Crippen LogP contribution < -0.4 is 10.9 Å². The molecule has 0 spiro atoms. The third kappa shape index (κ3) is 3.83. The van der Waals surface area contributed by atoms with E-state index in [4.69, 9.17) is 0 Å². The van der Waals surface area contributed by atoms with Crippen molar-refractivity contribution < 1.29 is 4.79 Å². The summed E-state index contributed by atoms with van der Waals surface area (Å²) in [5.74, 6) is 3.52. The Bertz CT molecular complexity index is 1100. The van der Waals surface area contributed by atoms with Crippen LogP contribution in [-0.4, -0.2) is 36.0 Å². The van der Waals surface area contributed by atoms with E-state index in [-0.39, 0.29) is 23.1 Å². The fraction of sp³-hybridized carbons (Fsp3) is 0.471. The van der Waals surface area contributed by atoms with Crippen molar-refractivity contribution in [2.75, 3.05) is 11.1 Å². The Kier molecular flexibility index (Phi) is 5.48. The summed E-state index contributed by atoms with van der Waals surface area (Å²) in [6.07, 6.45) is 0. The summed E-state index contributed by atoms with van der Waals surface area (Å²) < 4.78 is 3.08. The van der Waals surface area contributed by atoms with E-state index < -0.39 is 0 Å². The molecule has 0 saturated carbocycles. The molecule has 0 fully saturated rings. The molecule has 11 heteroatoms. The van der Waals surface area contributed by atoms with E-state index in [0.29, 0.717) is 16.4 Å². The molecular weight excluding hydrogens is 416 g/mol. The van der Waals surface area contributed by atoms with E-state index in [1.165, 1.54) is 33.7 Å². The van der Waals surface area contributed by atoms with Crippen molar-refractivity contribution in [1.82, 2.24) is 24.4 Å². The highest BCUT2D eigenvalue weighted by atomic mass is 32.2. The van der Waals surface area contributed by atoms with Crippen LogP contribution in [0.1, 0.15) is 41.7 Å². The van der Waals surface area contributed by atoms with Crippen LogP contribution in [0, 0.1) is 0 Å². The first kappa shape index (κ1) is 19.5. The summed E-state index contributed by atoms with van der Waals surface area (Å²) in [7, 11) is 1.85. The van der Waals surface area contributed by atoms with Gasteiger partial charge in [-0.1, -0.05) is 25.2 Å². The fourth-order valence-corrected chi connectivity index (χ4v) is 5.57. The highest BCUT2D eigenvalue weighted by Gasteiger charge is 2.22. The van der Waals surface area contributed by atoms with E-state index in [9.17, 15) is 9.59 Å². The summed E-state index contributed by atoms with van der Waals surface area (Å²) in [5.41, 5.74) is 2.66. The molecule has 0 aliphatic carbocycles.